The lowest BCUT2D eigenvalue weighted by atomic mass is 10.0. The third kappa shape index (κ3) is 9.84. The number of nitriles is 1. The van der Waals surface area contributed by atoms with E-state index in [2.05, 4.69) is 6.07 Å². The largest absolute Gasteiger partial charge is 0.494 e. The number of unbranched alkanes of at least 4 members (excludes halogenated alkanes) is 9. The van der Waals surface area contributed by atoms with Crippen molar-refractivity contribution >= 4 is 0 Å². The fourth-order valence-electron chi connectivity index (χ4n) is 4.09. The van der Waals surface area contributed by atoms with E-state index in [0.29, 0.717) is 12.2 Å². The summed E-state index contributed by atoms with van der Waals surface area (Å²) >= 11 is 0. The Morgan fingerprint density at radius 3 is 1.41 bits per heavy atom. The molecule has 3 rings (SSSR count). The highest BCUT2D eigenvalue weighted by Gasteiger charge is 2.11. The van der Waals surface area contributed by atoms with Crippen LogP contribution >= 0.6 is 0 Å². The second-order valence-electron chi connectivity index (χ2n) is 9.15. The van der Waals surface area contributed by atoms with Crippen molar-refractivity contribution in [3.05, 3.63) is 83.7 Å². The second kappa shape index (κ2) is 15.6. The summed E-state index contributed by atoms with van der Waals surface area (Å²) in [4.78, 5) is 0. The van der Waals surface area contributed by atoms with Gasteiger partial charge in [0.15, 0.2) is 17.5 Å². The first-order valence-electron chi connectivity index (χ1n) is 13.1. The molecule has 0 aromatic heterocycles. The van der Waals surface area contributed by atoms with Crippen LogP contribution in [0.25, 0.3) is 11.1 Å². The Labute approximate surface area is 217 Å². The Hall–Kier alpha value is -3.46. The zero-order chi connectivity index (χ0) is 26.3. The van der Waals surface area contributed by atoms with Gasteiger partial charge in [-0.3, -0.25) is 0 Å². The van der Waals surface area contributed by atoms with Gasteiger partial charge in [0.25, 0.3) is 0 Å². The number of nitrogens with zero attached hydrogens (tertiary/aromatic N) is 1. The predicted octanol–water partition coefficient (Wildman–Crippen LogP) is 9.00. The van der Waals surface area contributed by atoms with Gasteiger partial charge in [-0.2, -0.15) is 5.26 Å². The first-order chi connectivity index (χ1) is 18.1. The van der Waals surface area contributed by atoms with E-state index in [1.807, 2.05) is 48.5 Å². The molecule has 0 saturated carbocycles. The predicted molar refractivity (Wildman–Crippen MR) is 140 cm³/mol. The number of rotatable bonds is 16. The van der Waals surface area contributed by atoms with Crippen LogP contribution in [0.1, 0.15) is 69.8 Å². The first kappa shape index (κ1) is 28.1. The summed E-state index contributed by atoms with van der Waals surface area (Å²) in [5, 5.41) is 8.91. The summed E-state index contributed by atoms with van der Waals surface area (Å²) in [5.41, 5.74) is 2.84. The van der Waals surface area contributed by atoms with Gasteiger partial charge >= 0.3 is 0 Å². The fourth-order valence-corrected chi connectivity index (χ4v) is 4.09. The summed E-state index contributed by atoms with van der Waals surface area (Å²) < 4.78 is 50.4. The van der Waals surface area contributed by atoms with E-state index in [1.54, 1.807) is 0 Å². The van der Waals surface area contributed by atoms with Gasteiger partial charge in [0.1, 0.15) is 11.5 Å². The summed E-state index contributed by atoms with van der Waals surface area (Å²) in [5.74, 6) is -3.02. The molecular formula is C31H34F3NO2. The van der Waals surface area contributed by atoms with Crippen LogP contribution in [-0.4, -0.2) is 13.2 Å². The molecule has 0 aliphatic heterocycles. The Balaban J connectivity index is 1.13. The molecule has 0 heterocycles. The molecule has 0 amide bonds. The summed E-state index contributed by atoms with van der Waals surface area (Å²) in [6.07, 6.45) is 11.1. The zero-order valence-corrected chi connectivity index (χ0v) is 21.2. The van der Waals surface area contributed by atoms with Crippen molar-refractivity contribution in [2.45, 2.75) is 64.2 Å². The number of benzene rings is 3. The highest BCUT2D eigenvalue weighted by atomic mass is 19.2. The van der Waals surface area contributed by atoms with Gasteiger partial charge in [-0.25, -0.2) is 13.2 Å². The number of ether oxygens (including phenoxy) is 2. The first-order valence-corrected chi connectivity index (χ1v) is 13.1. The lowest BCUT2D eigenvalue weighted by Gasteiger charge is -2.08. The van der Waals surface area contributed by atoms with Gasteiger partial charge in [0.05, 0.1) is 24.8 Å². The molecule has 0 aliphatic carbocycles. The molecule has 0 saturated heterocycles. The van der Waals surface area contributed by atoms with Crippen molar-refractivity contribution in [2.75, 3.05) is 13.2 Å². The van der Waals surface area contributed by atoms with E-state index < -0.39 is 17.5 Å². The Morgan fingerprint density at radius 1 is 0.541 bits per heavy atom. The molecular weight excluding hydrogens is 475 g/mol. The van der Waals surface area contributed by atoms with Crippen molar-refractivity contribution in [3.8, 4) is 28.7 Å². The molecule has 0 radical (unpaired) electrons. The molecule has 3 aromatic carbocycles. The summed E-state index contributed by atoms with van der Waals surface area (Å²) in [6.45, 7) is 1.09. The van der Waals surface area contributed by atoms with Crippen LogP contribution in [0.4, 0.5) is 13.2 Å². The molecule has 0 atom stereocenters. The van der Waals surface area contributed by atoms with Crippen molar-refractivity contribution in [2.24, 2.45) is 0 Å². The number of hydrogen-bond acceptors (Lipinski definition) is 3. The monoisotopic (exact) mass is 509 g/mol. The number of halogens is 3. The maximum atomic E-state index is 13.1. The molecule has 0 N–H and O–H groups in total. The minimum Gasteiger partial charge on any atom is -0.494 e. The maximum absolute atomic E-state index is 13.1. The van der Waals surface area contributed by atoms with Crippen LogP contribution in [0.2, 0.25) is 0 Å². The number of hydrogen-bond donors (Lipinski definition) is 0. The van der Waals surface area contributed by atoms with Crippen LogP contribution < -0.4 is 9.47 Å². The Bertz CT molecular complexity index is 1100. The van der Waals surface area contributed by atoms with Crippen molar-refractivity contribution in [1.29, 1.82) is 5.26 Å². The molecule has 37 heavy (non-hydrogen) atoms. The third-order valence-corrected chi connectivity index (χ3v) is 6.24. The standard InChI is InChI=1S/C31H34F3NO2/c32-29-21-28(22-30(33)31(29)34)37-20-10-8-6-4-2-1-3-5-7-9-19-36-27-17-15-26(16-18-27)25-13-11-24(23-35)12-14-25/h11-18,21-22H,1-10,19-20H2. The van der Waals surface area contributed by atoms with Gasteiger partial charge in [0, 0.05) is 12.1 Å². The van der Waals surface area contributed by atoms with Crippen LogP contribution in [0, 0.1) is 28.8 Å². The Kier molecular flexibility index (Phi) is 11.9. The summed E-state index contributed by atoms with van der Waals surface area (Å²) in [6, 6.07) is 19.5. The molecule has 3 nitrogen and oxygen atoms in total. The van der Waals surface area contributed by atoms with Crippen molar-refractivity contribution < 1.29 is 22.6 Å². The second-order valence-corrected chi connectivity index (χ2v) is 9.15. The molecule has 0 unspecified atom stereocenters. The van der Waals surface area contributed by atoms with Gasteiger partial charge < -0.3 is 9.47 Å². The molecule has 0 aliphatic rings. The lowest BCUT2D eigenvalue weighted by molar-refractivity contribution is 0.298. The average Bonchev–Trinajstić information content (AvgIpc) is 2.92. The SMILES string of the molecule is N#Cc1ccc(-c2ccc(OCCCCCCCCCCCCOc3cc(F)c(F)c(F)c3)cc2)cc1. The highest BCUT2D eigenvalue weighted by molar-refractivity contribution is 5.64. The quantitative estimate of drug-likeness (QED) is 0.143. The van der Waals surface area contributed by atoms with Crippen molar-refractivity contribution in [3.63, 3.8) is 0 Å². The van der Waals surface area contributed by atoms with Gasteiger partial charge in [-0.15, -0.1) is 0 Å². The minimum absolute atomic E-state index is 0.0272. The highest BCUT2D eigenvalue weighted by Crippen LogP contribution is 2.23. The van der Waals surface area contributed by atoms with E-state index >= 15 is 0 Å². The maximum Gasteiger partial charge on any atom is 0.194 e. The van der Waals surface area contributed by atoms with Crippen LogP contribution in [0.15, 0.2) is 60.7 Å². The zero-order valence-electron chi connectivity index (χ0n) is 21.2. The van der Waals surface area contributed by atoms with E-state index in [1.165, 1.54) is 32.1 Å². The lowest BCUT2D eigenvalue weighted by Crippen LogP contribution is -2.00. The van der Waals surface area contributed by atoms with E-state index in [9.17, 15) is 13.2 Å². The topological polar surface area (TPSA) is 42.2 Å². The molecule has 0 bridgehead atoms. The normalized spacial score (nSPS) is 10.8. The molecule has 196 valence electrons. The smallest absolute Gasteiger partial charge is 0.194 e. The van der Waals surface area contributed by atoms with Crippen LogP contribution in [0.5, 0.6) is 11.5 Å². The molecule has 3 aromatic rings. The van der Waals surface area contributed by atoms with E-state index in [4.69, 9.17) is 14.7 Å². The van der Waals surface area contributed by atoms with E-state index in [0.717, 1.165) is 67.7 Å². The van der Waals surface area contributed by atoms with Crippen LogP contribution in [0.3, 0.4) is 0 Å². The average molecular weight is 510 g/mol. The molecule has 0 fully saturated rings. The third-order valence-electron chi connectivity index (χ3n) is 6.24. The minimum atomic E-state index is -1.47. The molecule has 0 spiro atoms. The van der Waals surface area contributed by atoms with Crippen LogP contribution in [-0.2, 0) is 0 Å². The fraction of sp³-hybridized carbons (Fsp3) is 0.387. The molecule has 6 heteroatoms. The van der Waals surface area contributed by atoms with E-state index in [-0.39, 0.29) is 5.75 Å². The van der Waals surface area contributed by atoms with Gasteiger partial charge in [-0.1, -0.05) is 75.6 Å². The summed E-state index contributed by atoms with van der Waals surface area (Å²) in [7, 11) is 0. The Morgan fingerprint density at radius 2 is 0.946 bits per heavy atom. The van der Waals surface area contributed by atoms with Gasteiger partial charge in [-0.05, 0) is 48.2 Å². The van der Waals surface area contributed by atoms with Gasteiger partial charge in [0.2, 0.25) is 0 Å². The van der Waals surface area contributed by atoms with Crippen molar-refractivity contribution in [1.82, 2.24) is 0 Å².